The van der Waals surface area contributed by atoms with E-state index in [2.05, 4.69) is 11.8 Å². The van der Waals surface area contributed by atoms with Gasteiger partial charge >= 0.3 is 0 Å². The lowest BCUT2D eigenvalue weighted by Crippen LogP contribution is -2.25. The van der Waals surface area contributed by atoms with E-state index in [9.17, 15) is 10.1 Å². The highest BCUT2D eigenvalue weighted by molar-refractivity contribution is 5.42. The minimum absolute atomic E-state index is 0.0559. The van der Waals surface area contributed by atoms with E-state index in [1.807, 2.05) is 44.2 Å². The molecule has 0 aliphatic carbocycles. The Morgan fingerprint density at radius 2 is 1.67 bits per heavy atom. The summed E-state index contributed by atoms with van der Waals surface area (Å²) in [5.74, 6) is 6.75. The molecule has 0 bridgehead atoms. The fourth-order valence-electron chi connectivity index (χ4n) is 1.70. The van der Waals surface area contributed by atoms with Crippen LogP contribution in [0.25, 0.3) is 0 Å². The van der Waals surface area contributed by atoms with E-state index in [0.717, 1.165) is 5.75 Å². The van der Waals surface area contributed by atoms with E-state index in [4.69, 9.17) is 4.74 Å². The first-order chi connectivity index (χ1) is 9.96. The molecule has 0 saturated carbocycles. The Hall–Kier alpha value is -2.80. The van der Waals surface area contributed by atoms with Crippen molar-refractivity contribution in [2.24, 2.45) is 0 Å². The van der Waals surface area contributed by atoms with Crippen molar-refractivity contribution in [3.8, 4) is 17.6 Å². The van der Waals surface area contributed by atoms with Gasteiger partial charge in [0.2, 0.25) is 0 Å². The summed E-state index contributed by atoms with van der Waals surface area (Å²) in [6.07, 6.45) is 0. The lowest BCUT2D eigenvalue weighted by atomic mass is 10.1. The van der Waals surface area contributed by atoms with Crippen molar-refractivity contribution in [3.63, 3.8) is 0 Å². The first-order valence-corrected chi connectivity index (χ1v) is 6.48. The number of nitro benzene ring substituents is 1. The van der Waals surface area contributed by atoms with Gasteiger partial charge in [0.15, 0.2) is 5.60 Å². The summed E-state index contributed by atoms with van der Waals surface area (Å²) in [7, 11) is 0. The lowest BCUT2D eigenvalue weighted by Gasteiger charge is -2.20. The van der Waals surface area contributed by atoms with Crippen LogP contribution in [0.15, 0.2) is 54.6 Å². The minimum atomic E-state index is -0.650. The Morgan fingerprint density at radius 3 is 2.24 bits per heavy atom. The summed E-state index contributed by atoms with van der Waals surface area (Å²) in [4.78, 5) is 10.2. The Labute approximate surface area is 123 Å². The fraction of sp³-hybridized carbons (Fsp3) is 0.176. The molecule has 21 heavy (non-hydrogen) atoms. The van der Waals surface area contributed by atoms with Gasteiger partial charge in [-0.05, 0) is 38.1 Å². The van der Waals surface area contributed by atoms with E-state index in [-0.39, 0.29) is 5.69 Å². The van der Waals surface area contributed by atoms with E-state index in [1.165, 1.54) is 12.1 Å². The molecule has 0 aliphatic rings. The molecule has 0 fully saturated rings. The van der Waals surface area contributed by atoms with Gasteiger partial charge in [0.05, 0.1) is 4.92 Å². The highest BCUT2D eigenvalue weighted by atomic mass is 16.6. The standard InChI is InChI=1S/C17H15NO3/c1-17(2,21-16-6-4-3-5-7-16)13-12-14-8-10-15(11-9-14)18(19)20/h3-11H,1-2H3. The Kier molecular flexibility index (Phi) is 4.24. The normalized spacial score (nSPS) is 10.4. The number of rotatable bonds is 3. The molecular weight excluding hydrogens is 266 g/mol. The van der Waals surface area contributed by atoms with Crippen LogP contribution in [-0.2, 0) is 0 Å². The smallest absolute Gasteiger partial charge is 0.269 e. The summed E-state index contributed by atoms with van der Waals surface area (Å²) in [5.41, 5.74) is 0.119. The monoisotopic (exact) mass is 281 g/mol. The molecule has 2 aromatic rings. The molecule has 2 aromatic carbocycles. The van der Waals surface area contributed by atoms with Crippen molar-refractivity contribution in [1.29, 1.82) is 0 Å². The third kappa shape index (κ3) is 4.36. The summed E-state index contributed by atoms with van der Waals surface area (Å²) in [6, 6.07) is 15.6. The second-order valence-corrected chi connectivity index (χ2v) is 4.98. The molecule has 0 saturated heterocycles. The van der Waals surface area contributed by atoms with Crippen molar-refractivity contribution < 1.29 is 9.66 Å². The maximum Gasteiger partial charge on any atom is 0.269 e. The van der Waals surface area contributed by atoms with Crippen LogP contribution in [0.2, 0.25) is 0 Å². The predicted molar refractivity (Wildman–Crippen MR) is 81.1 cm³/mol. The number of para-hydroxylation sites is 1. The van der Waals surface area contributed by atoms with Crippen molar-refractivity contribution in [2.75, 3.05) is 0 Å². The molecule has 0 heterocycles. The number of non-ortho nitro benzene ring substituents is 1. The van der Waals surface area contributed by atoms with Crippen LogP contribution in [0.5, 0.6) is 5.75 Å². The molecule has 0 N–H and O–H groups in total. The van der Waals surface area contributed by atoms with Crippen molar-refractivity contribution in [3.05, 3.63) is 70.3 Å². The van der Waals surface area contributed by atoms with Gasteiger partial charge in [-0.15, -0.1) is 0 Å². The molecule has 106 valence electrons. The van der Waals surface area contributed by atoms with Crippen LogP contribution in [0.1, 0.15) is 19.4 Å². The maximum absolute atomic E-state index is 10.6. The highest BCUT2D eigenvalue weighted by Gasteiger charge is 2.15. The topological polar surface area (TPSA) is 52.4 Å². The number of nitrogens with zero attached hydrogens (tertiary/aromatic N) is 1. The molecule has 0 amide bonds. The molecule has 4 heteroatoms. The molecule has 0 aromatic heterocycles. The summed E-state index contributed by atoms with van der Waals surface area (Å²) >= 11 is 0. The van der Waals surface area contributed by atoms with Gasteiger partial charge in [-0.1, -0.05) is 30.0 Å². The molecular formula is C17H15NO3. The Morgan fingerprint density at radius 1 is 1.05 bits per heavy atom. The van der Waals surface area contributed by atoms with Crippen molar-refractivity contribution in [1.82, 2.24) is 0 Å². The number of nitro groups is 1. The van der Waals surface area contributed by atoms with Crippen LogP contribution in [0.3, 0.4) is 0 Å². The van der Waals surface area contributed by atoms with Gasteiger partial charge in [-0.3, -0.25) is 10.1 Å². The van der Waals surface area contributed by atoms with E-state index < -0.39 is 10.5 Å². The number of hydrogen-bond donors (Lipinski definition) is 0. The average Bonchev–Trinajstić information content (AvgIpc) is 2.46. The van der Waals surface area contributed by atoms with Crippen LogP contribution >= 0.6 is 0 Å². The second-order valence-electron chi connectivity index (χ2n) is 4.98. The van der Waals surface area contributed by atoms with Crippen LogP contribution < -0.4 is 4.74 Å². The molecule has 0 unspecified atom stereocenters. The largest absolute Gasteiger partial charge is 0.475 e. The third-order valence-corrected chi connectivity index (χ3v) is 2.70. The SMILES string of the molecule is CC(C)(C#Cc1ccc([N+](=O)[O-])cc1)Oc1ccccc1. The Balaban J connectivity index is 2.11. The maximum atomic E-state index is 10.6. The van der Waals surface area contributed by atoms with E-state index in [1.54, 1.807) is 12.1 Å². The quantitative estimate of drug-likeness (QED) is 0.488. The highest BCUT2D eigenvalue weighted by Crippen LogP contribution is 2.17. The predicted octanol–water partition coefficient (Wildman–Crippen LogP) is 3.80. The van der Waals surface area contributed by atoms with Crippen LogP contribution in [-0.4, -0.2) is 10.5 Å². The van der Waals surface area contributed by atoms with Crippen molar-refractivity contribution >= 4 is 5.69 Å². The first-order valence-electron chi connectivity index (χ1n) is 6.48. The lowest BCUT2D eigenvalue weighted by molar-refractivity contribution is -0.384. The zero-order valence-electron chi connectivity index (χ0n) is 11.9. The van der Waals surface area contributed by atoms with Crippen molar-refractivity contribution in [2.45, 2.75) is 19.4 Å². The first kappa shape index (κ1) is 14.6. The number of benzene rings is 2. The molecule has 2 rings (SSSR count). The molecule has 0 spiro atoms. The summed E-state index contributed by atoms with van der Waals surface area (Å²) in [5, 5.41) is 10.6. The number of ether oxygens (including phenoxy) is 1. The zero-order valence-corrected chi connectivity index (χ0v) is 11.9. The third-order valence-electron chi connectivity index (χ3n) is 2.70. The van der Waals surface area contributed by atoms with Gasteiger partial charge in [0.1, 0.15) is 5.75 Å². The number of hydrogen-bond acceptors (Lipinski definition) is 3. The van der Waals surface area contributed by atoms with Crippen LogP contribution in [0, 0.1) is 22.0 Å². The van der Waals surface area contributed by atoms with Gasteiger partial charge in [0, 0.05) is 17.7 Å². The van der Waals surface area contributed by atoms with E-state index in [0.29, 0.717) is 5.56 Å². The fourth-order valence-corrected chi connectivity index (χ4v) is 1.70. The summed E-state index contributed by atoms with van der Waals surface area (Å²) in [6.45, 7) is 3.75. The Bertz CT molecular complexity index is 679. The molecule has 0 aliphatic heterocycles. The van der Waals surface area contributed by atoms with Gasteiger partial charge < -0.3 is 4.74 Å². The zero-order chi connectivity index (χ0) is 15.3. The average molecular weight is 281 g/mol. The van der Waals surface area contributed by atoms with Gasteiger partial charge in [0.25, 0.3) is 5.69 Å². The molecule has 0 radical (unpaired) electrons. The summed E-state index contributed by atoms with van der Waals surface area (Å²) < 4.78 is 5.80. The van der Waals surface area contributed by atoms with Gasteiger partial charge in [-0.25, -0.2) is 0 Å². The molecule has 0 atom stereocenters. The van der Waals surface area contributed by atoms with Gasteiger partial charge in [-0.2, -0.15) is 0 Å². The van der Waals surface area contributed by atoms with Crippen LogP contribution in [0.4, 0.5) is 5.69 Å². The minimum Gasteiger partial charge on any atom is -0.475 e. The molecule has 4 nitrogen and oxygen atoms in total. The van der Waals surface area contributed by atoms with E-state index >= 15 is 0 Å². The second kappa shape index (κ2) is 6.10.